The Kier molecular flexibility index (Phi) is 4.72. The summed E-state index contributed by atoms with van der Waals surface area (Å²) >= 11 is 0. The largest absolute Gasteiger partial charge is 0.396 e. The van der Waals surface area contributed by atoms with Crippen molar-refractivity contribution in [3.8, 4) is 0 Å². The van der Waals surface area contributed by atoms with Gasteiger partial charge in [0.2, 0.25) is 0 Å². The second kappa shape index (κ2) is 6.50. The first-order valence-electron chi connectivity index (χ1n) is 6.71. The molecule has 0 aliphatic heterocycles. The number of nitrogens with two attached hydrogens (primary N) is 1. The SMILES string of the molecule is NCC(CCO)(Cc1ccccc1)c1ccccc1. The normalized spacial score (nSPS) is 14.0. The maximum Gasteiger partial charge on any atom is 0.0440 e. The standard InChI is InChI=1S/C17H21NO/c18-14-17(11-12-19,16-9-5-2-6-10-16)13-15-7-3-1-4-8-15/h1-10,19H,11-14,18H2. The maximum atomic E-state index is 9.42. The van der Waals surface area contributed by atoms with Crippen molar-refractivity contribution in [2.24, 2.45) is 5.73 Å². The van der Waals surface area contributed by atoms with E-state index in [0.29, 0.717) is 13.0 Å². The summed E-state index contributed by atoms with van der Waals surface area (Å²) in [4.78, 5) is 0. The van der Waals surface area contributed by atoms with Crippen LogP contribution in [0.1, 0.15) is 17.5 Å². The highest BCUT2D eigenvalue weighted by atomic mass is 16.3. The number of benzene rings is 2. The third-order valence-corrected chi connectivity index (χ3v) is 3.75. The average Bonchev–Trinajstić information content (AvgIpc) is 2.49. The molecule has 2 rings (SSSR count). The van der Waals surface area contributed by atoms with E-state index < -0.39 is 0 Å². The number of aliphatic hydroxyl groups is 1. The molecule has 0 radical (unpaired) electrons. The summed E-state index contributed by atoms with van der Waals surface area (Å²) in [6, 6.07) is 20.6. The first-order chi connectivity index (χ1) is 9.30. The lowest BCUT2D eigenvalue weighted by atomic mass is 9.73. The molecule has 0 aliphatic rings. The molecule has 0 bridgehead atoms. The monoisotopic (exact) mass is 255 g/mol. The van der Waals surface area contributed by atoms with E-state index in [1.54, 1.807) is 0 Å². The van der Waals surface area contributed by atoms with Gasteiger partial charge in [0.1, 0.15) is 0 Å². The lowest BCUT2D eigenvalue weighted by Crippen LogP contribution is -2.38. The van der Waals surface area contributed by atoms with Gasteiger partial charge >= 0.3 is 0 Å². The van der Waals surface area contributed by atoms with E-state index in [2.05, 4.69) is 24.3 Å². The van der Waals surface area contributed by atoms with Crippen molar-refractivity contribution in [3.05, 3.63) is 71.8 Å². The van der Waals surface area contributed by atoms with Gasteiger partial charge in [-0.3, -0.25) is 0 Å². The van der Waals surface area contributed by atoms with Crippen LogP contribution in [-0.2, 0) is 11.8 Å². The highest BCUT2D eigenvalue weighted by Crippen LogP contribution is 2.31. The van der Waals surface area contributed by atoms with Crippen LogP contribution in [0.5, 0.6) is 0 Å². The van der Waals surface area contributed by atoms with Crippen molar-refractivity contribution in [3.63, 3.8) is 0 Å². The van der Waals surface area contributed by atoms with Gasteiger partial charge in [-0.25, -0.2) is 0 Å². The fraction of sp³-hybridized carbons (Fsp3) is 0.294. The summed E-state index contributed by atoms with van der Waals surface area (Å²) in [5, 5.41) is 9.42. The van der Waals surface area contributed by atoms with Gasteiger partial charge in [0.05, 0.1) is 0 Å². The third-order valence-electron chi connectivity index (χ3n) is 3.75. The van der Waals surface area contributed by atoms with Crippen molar-refractivity contribution >= 4 is 0 Å². The van der Waals surface area contributed by atoms with Crippen LogP contribution in [0.2, 0.25) is 0 Å². The Morgan fingerprint density at radius 2 is 1.47 bits per heavy atom. The first-order valence-corrected chi connectivity index (χ1v) is 6.71. The molecule has 0 aliphatic carbocycles. The number of hydrogen-bond donors (Lipinski definition) is 2. The second-order valence-corrected chi connectivity index (χ2v) is 4.99. The minimum atomic E-state index is -0.183. The van der Waals surface area contributed by atoms with Gasteiger partial charge in [0, 0.05) is 18.6 Å². The maximum absolute atomic E-state index is 9.42. The quantitative estimate of drug-likeness (QED) is 0.833. The van der Waals surface area contributed by atoms with Crippen LogP contribution in [0.15, 0.2) is 60.7 Å². The van der Waals surface area contributed by atoms with Gasteiger partial charge in [-0.1, -0.05) is 60.7 Å². The summed E-state index contributed by atoms with van der Waals surface area (Å²) in [7, 11) is 0. The predicted molar refractivity (Wildman–Crippen MR) is 79.0 cm³/mol. The van der Waals surface area contributed by atoms with E-state index in [0.717, 1.165) is 6.42 Å². The Hall–Kier alpha value is -1.64. The number of hydrogen-bond acceptors (Lipinski definition) is 2. The molecule has 0 saturated carbocycles. The molecule has 2 aromatic carbocycles. The lowest BCUT2D eigenvalue weighted by Gasteiger charge is -2.33. The van der Waals surface area contributed by atoms with Gasteiger partial charge in [-0.05, 0) is 24.0 Å². The minimum absolute atomic E-state index is 0.152. The Balaban J connectivity index is 2.34. The van der Waals surface area contributed by atoms with Crippen LogP contribution in [0, 0.1) is 0 Å². The molecule has 100 valence electrons. The average molecular weight is 255 g/mol. The zero-order chi connectivity index (χ0) is 13.6. The molecule has 3 N–H and O–H groups in total. The van der Waals surface area contributed by atoms with Crippen LogP contribution in [0.25, 0.3) is 0 Å². The van der Waals surface area contributed by atoms with E-state index in [4.69, 9.17) is 5.73 Å². The fourth-order valence-electron chi connectivity index (χ4n) is 2.62. The van der Waals surface area contributed by atoms with Gasteiger partial charge in [0.25, 0.3) is 0 Å². The highest BCUT2D eigenvalue weighted by Gasteiger charge is 2.30. The number of aliphatic hydroxyl groups excluding tert-OH is 1. The third kappa shape index (κ3) is 3.22. The molecule has 0 fully saturated rings. The molecule has 1 unspecified atom stereocenters. The second-order valence-electron chi connectivity index (χ2n) is 4.99. The molecular weight excluding hydrogens is 234 g/mol. The van der Waals surface area contributed by atoms with Crippen molar-refractivity contribution < 1.29 is 5.11 Å². The Labute approximate surface area is 114 Å². The Morgan fingerprint density at radius 1 is 0.895 bits per heavy atom. The van der Waals surface area contributed by atoms with Crippen molar-refractivity contribution in [2.75, 3.05) is 13.2 Å². The van der Waals surface area contributed by atoms with Crippen LogP contribution >= 0.6 is 0 Å². The Bertz CT molecular complexity index is 483. The zero-order valence-electron chi connectivity index (χ0n) is 11.1. The van der Waals surface area contributed by atoms with Crippen LogP contribution in [-0.4, -0.2) is 18.3 Å². The molecular formula is C17H21NO. The smallest absolute Gasteiger partial charge is 0.0440 e. The molecule has 0 aromatic heterocycles. The van der Waals surface area contributed by atoms with Crippen LogP contribution < -0.4 is 5.73 Å². The van der Waals surface area contributed by atoms with E-state index in [1.165, 1.54) is 11.1 Å². The van der Waals surface area contributed by atoms with E-state index in [9.17, 15) is 5.11 Å². The fourth-order valence-corrected chi connectivity index (χ4v) is 2.62. The highest BCUT2D eigenvalue weighted by molar-refractivity contribution is 5.30. The molecule has 2 heteroatoms. The van der Waals surface area contributed by atoms with Gasteiger partial charge < -0.3 is 10.8 Å². The first kappa shape index (κ1) is 13.8. The molecule has 1 atom stereocenters. The molecule has 2 nitrogen and oxygen atoms in total. The van der Waals surface area contributed by atoms with E-state index >= 15 is 0 Å². The molecule has 2 aromatic rings. The van der Waals surface area contributed by atoms with Crippen molar-refractivity contribution in [1.29, 1.82) is 0 Å². The summed E-state index contributed by atoms with van der Waals surface area (Å²) < 4.78 is 0. The van der Waals surface area contributed by atoms with Crippen LogP contribution in [0.4, 0.5) is 0 Å². The summed E-state index contributed by atoms with van der Waals surface area (Å²) in [5.41, 5.74) is 8.34. The molecule has 0 amide bonds. The van der Waals surface area contributed by atoms with Crippen molar-refractivity contribution in [1.82, 2.24) is 0 Å². The molecule has 0 spiro atoms. The van der Waals surface area contributed by atoms with Gasteiger partial charge in [-0.2, -0.15) is 0 Å². The minimum Gasteiger partial charge on any atom is -0.396 e. The molecule has 0 saturated heterocycles. The van der Waals surface area contributed by atoms with Crippen molar-refractivity contribution in [2.45, 2.75) is 18.3 Å². The summed E-state index contributed by atoms with van der Waals surface area (Å²) in [6.07, 6.45) is 1.54. The summed E-state index contributed by atoms with van der Waals surface area (Å²) in [5.74, 6) is 0. The topological polar surface area (TPSA) is 46.2 Å². The Morgan fingerprint density at radius 3 is 2.00 bits per heavy atom. The van der Waals surface area contributed by atoms with Gasteiger partial charge in [-0.15, -0.1) is 0 Å². The lowest BCUT2D eigenvalue weighted by molar-refractivity contribution is 0.237. The van der Waals surface area contributed by atoms with Gasteiger partial charge in [0.15, 0.2) is 0 Å². The molecule has 19 heavy (non-hydrogen) atoms. The van der Waals surface area contributed by atoms with E-state index in [1.807, 2.05) is 36.4 Å². The van der Waals surface area contributed by atoms with Crippen LogP contribution in [0.3, 0.4) is 0 Å². The predicted octanol–water partition coefficient (Wildman–Crippen LogP) is 2.51. The number of rotatable bonds is 6. The summed E-state index contributed by atoms with van der Waals surface area (Å²) in [6.45, 7) is 0.686. The molecule has 0 heterocycles. The van der Waals surface area contributed by atoms with E-state index in [-0.39, 0.29) is 12.0 Å². The zero-order valence-corrected chi connectivity index (χ0v) is 11.1.